The van der Waals surface area contributed by atoms with E-state index in [2.05, 4.69) is 5.32 Å². The molecule has 17 heavy (non-hydrogen) atoms. The van der Waals surface area contributed by atoms with Gasteiger partial charge in [-0.1, -0.05) is 0 Å². The molecule has 0 saturated carbocycles. The molecule has 1 unspecified atom stereocenters. The molecule has 2 heterocycles. The quantitative estimate of drug-likeness (QED) is 0.883. The second-order valence-corrected chi connectivity index (χ2v) is 4.15. The van der Waals surface area contributed by atoms with Crippen LogP contribution in [-0.2, 0) is 7.05 Å². The maximum absolute atomic E-state index is 11.9. The van der Waals surface area contributed by atoms with Crippen molar-refractivity contribution in [2.24, 2.45) is 7.05 Å². The van der Waals surface area contributed by atoms with Crippen LogP contribution >= 0.6 is 0 Å². The second-order valence-electron chi connectivity index (χ2n) is 4.15. The van der Waals surface area contributed by atoms with Crippen molar-refractivity contribution < 1.29 is 9.21 Å². The molecule has 4 heteroatoms. The Balaban J connectivity index is 2.07. The highest BCUT2D eigenvalue weighted by molar-refractivity contribution is 5.92. The molecule has 0 aliphatic rings. The Morgan fingerprint density at radius 1 is 1.41 bits per heavy atom. The van der Waals surface area contributed by atoms with Crippen LogP contribution in [0.25, 0.3) is 0 Å². The van der Waals surface area contributed by atoms with E-state index in [-0.39, 0.29) is 11.9 Å². The Morgan fingerprint density at radius 2 is 2.18 bits per heavy atom. The number of nitrogens with zero attached hydrogens (tertiary/aromatic N) is 1. The van der Waals surface area contributed by atoms with Crippen LogP contribution < -0.4 is 5.32 Å². The lowest BCUT2D eigenvalue weighted by Gasteiger charge is -2.11. The van der Waals surface area contributed by atoms with Gasteiger partial charge < -0.3 is 14.3 Å². The number of carbonyl (C=O) groups excluding carboxylic acids is 1. The first kappa shape index (κ1) is 11.5. The van der Waals surface area contributed by atoms with Gasteiger partial charge in [0.15, 0.2) is 0 Å². The third-order valence-corrected chi connectivity index (χ3v) is 2.71. The highest BCUT2D eigenvalue weighted by atomic mass is 16.3. The van der Waals surface area contributed by atoms with E-state index in [1.807, 2.05) is 45.3 Å². The van der Waals surface area contributed by atoms with Gasteiger partial charge in [-0.2, -0.15) is 0 Å². The summed E-state index contributed by atoms with van der Waals surface area (Å²) >= 11 is 0. The van der Waals surface area contributed by atoms with Crippen LogP contribution in [-0.4, -0.2) is 10.5 Å². The predicted molar refractivity (Wildman–Crippen MR) is 64.7 cm³/mol. The van der Waals surface area contributed by atoms with Crippen molar-refractivity contribution in [2.75, 3.05) is 0 Å². The molecule has 0 saturated heterocycles. The van der Waals surface area contributed by atoms with Crippen molar-refractivity contribution in [1.29, 1.82) is 0 Å². The normalized spacial score (nSPS) is 12.4. The Morgan fingerprint density at radius 3 is 2.71 bits per heavy atom. The SMILES string of the molecule is Cc1ccc(C(C)NC(=O)c2cccn2C)o1. The first-order valence-corrected chi connectivity index (χ1v) is 5.56. The molecule has 0 spiro atoms. The van der Waals surface area contributed by atoms with Crippen molar-refractivity contribution in [1.82, 2.24) is 9.88 Å². The predicted octanol–water partition coefficient (Wildman–Crippen LogP) is 2.42. The molecule has 90 valence electrons. The summed E-state index contributed by atoms with van der Waals surface area (Å²) in [7, 11) is 1.84. The molecule has 2 aromatic rings. The molecule has 0 aromatic carbocycles. The number of furan rings is 1. The van der Waals surface area contributed by atoms with Crippen LogP contribution in [0, 0.1) is 6.92 Å². The molecule has 2 aromatic heterocycles. The molecule has 0 radical (unpaired) electrons. The van der Waals surface area contributed by atoms with E-state index in [1.165, 1.54) is 0 Å². The van der Waals surface area contributed by atoms with Gasteiger partial charge in [0.2, 0.25) is 0 Å². The average molecular weight is 232 g/mol. The minimum absolute atomic E-state index is 0.0981. The number of hydrogen-bond acceptors (Lipinski definition) is 2. The topological polar surface area (TPSA) is 47.2 Å². The van der Waals surface area contributed by atoms with E-state index in [0.717, 1.165) is 11.5 Å². The summed E-state index contributed by atoms with van der Waals surface area (Å²) in [5.74, 6) is 1.52. The number of aromatic nitrogens is 1. The van der Waals surface area contributed by atoms with Gasteiger partial charge in [0.25, 0.3) is 5.91 Å². The summed E-state index contributed by atoms with van der Waals surface area (Å²) in [5, 5.41) is 2.90. The monoisotopic (exact) mass is 232 g/mol. The van der Waals surface area contributed by atoms with Crippen molar-refractivity contribution in [2.45, 2.75) is 19.9 Å². The van der Waals surface area contributed by atoms with Crippen molar-refractivity contribution in [3.05, 3.63) is 47.7 Å². The lowest BCUT2D eigenvalue weighted by atomic mass is 10.2. The fourth-order valence-electron chi connectivity index (χ4n) is 1.72. The molecular weight excluding hydrogens is 216 g/mol. The molecule has 1 N–H and O–H groups in total. The van der Waals surface area contributed by atoms with Crippen LogP contribution in [0.1, 0.15) is 35.0 Å². The number of carbonyl (C=O) groups is 1. The Hall–Kier alpha value is -1.97. The van der Waals surface area contributed by atoms with Gasteiger partial charge in [-0.15, -0.1) is 0 Å². The van der Waals surface area contributed by atoms with E-state index in [1.54, 1.807) is 10.6 Å². The Labute approximate surface area is 100 Å². The van der Waals surface area contributed by atoms with Gasteiger partial charge in [-0.05, 0) is 38.1 Å². The number of aryl methyl sites for hydroxylation is 2. The van der Waals surface area contributed by atoms with Crippen molar-refractivity contribution >= 4 is 5.91 Å². The third kappa shape index (κ3) is 2.41. The molecule has 0 bridgehead atoms. The van der Waals surface area contributed by atoms with Crippen LogP contribution in [0.3, 0.4) is 0 Å². The fourth-order valence-corrected chi connectivity index (χ4v) is 1.72. The maximum atomic E-state index is 11.9. The largest absolute Gasteiger partial charge is 0.464 e. The first-order chi connectivity index (χ1) is 8.08. The van der Waals surface area contributed by atoms with E-state index in [9.17, 15) is 4.79 Å². The zero-order valence-corrected chi connectivity index (χ0v) is 10.2. The van der Waals surface area contributed by atoms with Gasteiger partial charge in [-0.25, -0.2) is 0 Å². The van der Waals surface area contributed by atoms with Crippen LogP contribution in [0.2, 0.25) is 0 Å². The Bertz CT molecular complexity index is 525. The minimum Gasteiger partial charge on any atom is -0.464 e. The van der Waals surface area contributed by atoms with Crippen molar-refractivity contribution in [3.63, 3.8) is 0 Å². The lowest BCUT2D eigenvalue weighted by Crippen LogP contribution is -2.27. The van der Waals surface area contributed by atoms with Crippen molar-refractivity contribution in [3.8, 4) is 0 Å². The van der Waals surface area contributed by atoms with E-state index < -0.39 is 0 Å². The second kappa shape index (κ2) is 4.49. The average Bonchev–Trinajstić information content (AvgIpc) is 2.86. The summed E-state index contributed by atoms with van der Waals surface area (Å²) in [5.41, 5.74) is 0.639. The van der Waals surface area contributed by atoms with Gasteiger partial charge in [0.1, 0.15) is 17.2 Å². The molecule has 4 nitrogen and oxygen atoms in total. The minimum atomic E-state index is -0.133. The van der Waals surface area contributed by atoms with Gasteiger partial charge in [0, 0.05) is 13.2 Å². The molecule has 2 rings (SSSR count). The highest BCUT2D eigenvalue weighted by Gasteiger charge is 2.15. The Kier molecular flexibility index (Phi) is 3.04. The smallest absolute Gasteiger partial charge is 0.268 e. The maximum Gasteiger partial charge on any atom is 0.268 e. The zero-order chi connectivity index (χ0) is 12.4. The highest BCUT2D eigenvalue weighted by Crippen LogP contribution is 2.16. The summed E-state index contributed by atoms with van der Waals surface area (Å²) in [6.07, 6.45) is 1.84. The number of rotatable bonds is 3. The van der Waals surface area contributed by atoms with Crippen LogP contribution in [0.5, 0.6) is 0 Å². The van der Waals surface area contributed by atoms with E-state index in [4.69, 9.17) is 4.42 Å². The first-order valence-electron chi connectivity index (χ1n) is 5.56. The lowest BCUT2D eigenvalue weighted by molar-refractivity contribution is 0.0927. The molecule has 1 atom stereocenters. The summed E-state index contributed by atoms with van der Waals surface area (Å²) in [6, 6.07) is 7.27. The van der Waals surface area contributed by atoms with Crippen LogP contribution in [0.4, 0.5) is 0 Å². The zero-order valence-electron chi connectivity index (χ0n) is 10.2. The number of amides is 1. The third-order valence-electron chi connectivity index (χ3n) is 2.71. The molecule has 1 amide bonds. The van der Waals surface area contributed by atoms with Crippen LogP contribution in [0.15, 0.2) is 34.9 Å². The summed E-state index contributed by atoms with van der Waals surface area (Å²) in [4.78, 5) is 11.9. The summed E-state index contributed by atoms with van der Waals surface area (Å²) < 4.78 is 7.26. The fraction of sp³-hybridized carbons (Fsp3) is 0.308. The molecular formula is C13H16N2O2. The number of nitrogens with one attached hydrogen (secondary N) is 1. The van der Waals surface area contributed by atoms with Gasteiger partial charge in [-0.3, -0.25) is 4.79 Å². The molecule has 0 fully saturated rings. The van der Waals surface area contributed by atoms with E-state index in [0.29, 0.717) is 5.69 Å². The van der Waals surface area contributed by atoms with Gasteiger partial charge >= 0.3 is 0 Å². The number of hydrogen-bond donors (Lipinski definition) is 1. The molecule has 0 aliphatic heterocycles. The standard InChI is InChI=1S/C13H16N2O2/c1-9-6-7-12(17-9)10(2)14-13(16)11-5-4-8-15(11)3/h4-8,10H,1-3H3,(H,14,16). The van der Waals surface area contributed by atoms with Gasteiger partial charge in [0.05, 0.1) is 6.04 Å². The molecule has 0 aliphatic carbocycles. The van der Waals surface area contributed by atoms with E-state index >= 15 is 0 Å². The summed E-state index contributed by atoms with van der Waals surface area (Å²) in [6.45, 7) is 3.79.